The van der Waals surface area contributed by atoms with Crippen molar-refractivity contribution in [1.82, 2.24) is 0 Å². The molecule has 4 heteroatoms. The zero-order valence-corrected chi connectivity index (χ0v) is 31.3. The van der Waals surface area contributed by atoms with Crippen LogP contribution in [0.4, 0.5) is 0 Å². The molecular formula is C43H78O4. The summed E-state index contributed by atoms with van der Waals surface area (Å²) in [6.07, 6.45) is 50.6. The number of carboxylic acids is 1. The van der Waals surface area contributed by atoms with Crippen LogP contribution in [0.3, 0.4) is 0 Å². The molecule has 0 amide bonds. The molecule has 0 aliphatic heterocycles. The molecule has 0 fully saturated rings. The molecule has 0 aromatic rings. The minimum Gasteiger partial charge on any atom is -0.481 e. The second-order valence-electron chi connectivity index (χ2n) is 13.8. The summed E-state index contributed by atoms with van der Waals surface area (Å²) in [5, 5.41) is 8.81. The third kappa shape index (κ3) is 38.5. The molecule has 4 nitrogen and oxygen atoms in total. The van der Waals surface area contributed by atoms with Gasteiger partial charge < -0.3 is 9.84 Å². The second kappa shape index (κ2) is 38.6. The molecule has 0 rings (SSSR count). The van der Waals surface area contributed by atoms with Gasteiger partial charge in [-0.15, -0.1) is 0 Å². The van der Waals surface area contributed by atoms with Crippen LogP contribution in [0.5, 0.6) is 0 Å². The van der Waals surface area contributed by atoms with Crippen molar-refractivity contribution in [3.8, 4) is 0 Å². The minimum absolute atomic E-state index is 0.0806. The summed E-state index contributed by atoms with van der Waals surface area (Å²) in [5.41, 5.74) is 0. The van der Waals surface area contributed by atoms with Gasteiger partial charge in [-0.1, -0.05) is 173 Å². The van der Waals surface area contributed by atoms with Crippen molar-refractivity contribution >= 4 is 11.9 Å². The first-order valence-electron chi connectivity index (χ1n) is 20.5. The van der Waals surface area contributed by atoms with Crippen molar-refractivity contribution in [3.05, 3.63) is 36.5 Å². The van der Waals surface area contributed by atoms with Crippen LogP contribution < -0.4 is 0 Å². The topological polar surface area (TPSA) is 63.6 Å². The fourth-order valence-corrected chi connectivity index (χ4v) is 6.00. The predicted molar refractivity (Wildman–Crippen MR) is 204 cm³/mol. The smallest absolute Gasteiger partial charge is 0.306 e. The Morgan fingerprint density at radius 2 is 0.915 bits per heavy atom. The van der Waals surface area contributed by atoms with E-state index in [1.165, 1.54) is 135 Å². The molecule has 1 atom stereocenters. The first-order valence-corrected chi connectivity index (χ1v) is 20.5. The fraction of sp³-hybridized carbons (Fsp3) is 0.814. The van der Waals surface area contributed by atoms with Gasteiger partial charge in [0, 0.05) is 12.8 Å². The van der Waals surface area contributed by atoms with Gasteiger partial charge in [-0.3, -0.25) is 9.59 Å². The molecular weight excluding hydrogens is 580 g/mol. The van der Waals surface area contributed by atoms with Crippen molar-refractivity contribution in [2.75, 3.05) is 0 Å². The van der Waals surface area contributed by atoms with Gasteiger partial charge in [0.05, 0.1) is 0 Å². The molecule has 0 aromatic heterocycles. The predicted octanol–water partition coefficient (Wildman–Crippen LogP) is 14.2. The van der Waals surface area contributed by atoms with Crippen LogP contribution in [0.2, 0.25) is 0 Å². The van der Waals surface area contributed by atoms with Crippen LogP contribution >= 0.6 is 0 Å². The molecule has 0 aliphatic rings. The van der Waals surface area contributed by atoms with E-state index >= 15 is 0 Å². The maximum atomic E-state index is 12.5. The van der Waals surface area contributed by atoms with Gasteiger partial charge in [0.1, 0.15) is 6.10 Å². The summed E-state index contributed by atoms with van der Waals surface area (Å²) < 4.78 is 5.84. The Kier molecular flexibility index (Phi) is 37.1. The molecule has 0 saturated heterocycles. The maximum Gasteiger partial charge on any atom is 0.306 e. The highest BCUT2D eigenvalue weighted by Gasteiger charge is 2.11. The number of esters is 1. The van der Waals surface area contributed by atoms with Crippen molar-refractivity contribution in [2.24, 2.45) is 0 Å². The van der Waals surface area contributed by atoms with Crippen molar-refractivity contribution in [3.63, 3.8) is 0 Å². The Bertz CT molecular complexity index is 753. The molecule has 0 aromatic carbocycles. The summed E-state index contributed by atoms with van der Waals surface area (Å²) in [7, 11) is 0. The highest BCUT2D eigenvalue weighted by Crippen LogP contribution is 2.16. The number of carbonyl (C=O) groups excluding carboxylic acids is 1. The lowest BCUT2D eigenvalue weighted by molar-refractivity contribution is -0.147. The summed E-state index contributed by atoms with van der Waals surface area (Å²) >= 11 is 0. The first-order chi connectivity index (χ1) is 23.1. The van der Waals surface area contributed by atoms with E-state index < -0.39 is 5.97 Å². The standard InChI is InChI=1S/C43H78O4/c1-3-5-7-9-11-12-13-14-15-16-17-18-19-20-21-22-23-24-25-26-28-30-36-40-43(46)47-41(37-33-29-27-10-8-6-4-2)38-34-31-32-35-39-42(44)45/h10,16-17,27,33,37,41H,3-9,11-15,18-26,28-32,34-36,38-40H2,1-2H3,(H,44,45)/b17-16-,27-10-,37-33-. The van der Waals surface area contributed by atoms with E-state index in [2.05, 4.69) is 50.3 Å². The third-order valence-electron chi connectivity index (χ3n) is 9.07. The van der Waals surface area contributed by atoms with E-state index in [0.717, 1.165) is 57.8 Å². The Balaban J connectivity index is 3.78. The lowest BCUT2D eigenvalue weighted by Gasteiger charge is -2.14. The van der Waals surface area contributed by atoms with Crippen LogP contribution in [-0.4, -0.2) is 23.1 Å². The van der Waals surface area contributed by atoms with E-state index in [9.17, 15) is 9.59 Å². The van der Waals surface area contributed by atoms with Gasteiger partial charge in [-0.25, -0.2) is 0 Å². The summed E-state index contributed by atoms with van der Waals surface area (Å²) in [6.45, 7) is 4.49. The van der Waals surface area contributed by atoms with E-state index in [-0.39, 0.29) is 18.5 Å². The number of ether oxygens (including phenoxy) is 1. The maximum absolute atomic E-state index is 12.5. The molecule has 0 bridgehead atoms. The van der Waals surface area contributed by atoms with E-state index in [1.54, 1.807) is 0 Å². The Morgan fingerprint density at radius 3 is 1.45 bits per heavy atom. The molecule has 1 N–H and O–H groups in total. The van der Waals surface area contributed by atoms with E-state index in [1.807, 2.05) is 0 Å². The molecule has 0 spiro atoms. The largest absolute Gasteiger partial charge is 0.481 e. The highest BCUT2D eigenvalue weighted by molar-refractivity contribution is 5.69. The van der Waals surface area contributed by atoms with Gasteiger partial charge in [0.15, 0.2) is 0 Å². The molecule has 274 valence electrons. The average Bonchev–Trinajstić information content (AvgIpc) is 3.05. The van der Waals surface area contributed by atoms with Crippen molar-refractivity contribution in [2.45, 2.75) is 225 Å². The number of carbonyl (C=O) groups is 2. The van der Waals surface area contributed by atoms with Gasteiger partial charge in [0.25, 0.3) is 0 Å². The SMILES string of the molecule is CCCC/C=C\C/C=C\C(CCCCCCC(=O)O)OC(=O)CCCCCCCCCCCCC/C=C\CCCCCCCCCC. The van der Waals surface area contributed by atoms with E-state index in [4.69, 9.17) is 9.84 Å². The number of hydrogen-bond acceptors (Lipinski definition) is 3. The zero-order valence-electron chi connectivity index (χ0n) is 31.3. The lowest BCUT2D eigenvalue weighted by atomic mass is 10.0. The number of rotatable bonds is 37. The molecule has 1 unspecified atom stereocenters. The minimum atomic E-state index is -0.726. The van der Waals surface area contributed by atoms with Crippen LogP contribution in [0.1, 0.15) is 219 Å². The van der Waals surface area contributed by atoms with Crippen LogP contribution in [0, 0.1) is 0 Å². The Morgan fingerprint density at radius 1 is 0.489 bits per heavy atom. The lowest BCUT2D eigenvalue weighted by Crippen LogP contribution is -2.16. The average molecular weight is 659 g/mol. The van der Waals surface area contributed by atoms with E-state index in [0.29, 0.717) is 6.42 Å². The summed E-state index contributed by atoms with van der Waals surface area (Å²) in [6, 6.07) is 0. The summed E-state index contributed by atoms with van der Waals surface area (Å²) in [4.78, 5) is 23.3. The number of aliphatic carboxylic acids is 1. The number of carboxylic acid groups (broad SMARTS) is 1. The van der Waals surface area contributed by atoms with Crippen molar-refractivity contribution in [1.29, 1.82) is 0 Å². The molecule has 0 aliphatic carbocycles. The van der Waals surface area contributed by atoms with Crippen molar-refractivity contribution < 1.29 is 19.4 Å². The van der Waals surface area contributed by atoms with Crippen LogP contribution in [0.15, 0.2) is 36.5 Å². The number of unbranched alkanes of at least 4 members (excludes halogenated alkanes) is 24. The Labute approximate surface area is 292 Å². The number of allylic oxidation sites excluding steroid dienone is 5. The van der Waals surface area contributed by atoms with Crippen LogP contribution in [0.25, 0.3) is 0 Å². The van der Waals surface area contributed by atoms with Gasteiger partial charge in [-0.05, 0) is 70.3 Å². The molecule has 47 heavy (non-hydrogen) atoms. The molecule has 0 heterocycles. The monoisotopic (exact) mass is 659 g/mol. The third-order valence-corrected chi connectivity index (χ3v) is 9.07. The first kappa shape index (κ1) is 45.2. The highest BCUT2D eigenvalue weighted by atomic mass is 16.5. The second-order valence-corrected chi connectivity index (χ2v) is 13.8. The van der Waals surface area contributed by atoms with Gasteiger partial charge >= 0.3 is 11.9 Å². The normalized spacial score (nSPS) is 12.6. The van der Waals surface area contributed by atoms with Gasteiger partial charge in [0.2, 0.25) is 0 Å². The zero-order chi connectivity index (χ0) is 34.3. The molecule has 0 radical (unpaired) electrons. The summed E-state index contributed by atoms with van der Waals surface area (Å²) in [5.74, 6) is -0.807. The molecule has 0 saturated carbocycles. The van der Waals surface area contributed by atoms with Crippen LogP contribution in [-0.2, 0) is 14.3 Å². The quantitative estimate of drug-likeness (QED) is 0.0410. The fourth-order valence-electron chi connectivity index (χ4n) is 6.00. The number of hydrogen-bond donors (Lipinski definition) is 1. The van der Waals surface area contributed by atoms with Gasteiger partial charge in [-0.2, -0.15) is 0 Å². The Hall–Kier alpha value is -1.84.